The molecule has 0 amide bonds. The van der Waals surface area contributed by atoms with Crippen molar-refractivity contribution in [3.05, 3.63) is 40.9 Å². The van der Waals surface area contributed by atoms with E-state index in [0.29, 0.717) is 12.1 Å². The van der Waals surface area contributed by atoms with E-state index in [0.717, 1.165) is 35.9 Å². The number of alkyl halides is 3. The number of hydrogen-bond donors (Lipinski definition) is 1. The largest absolute Gasteiger partial charge is 0.416 e. The molecule has 0 aliphatic carbocycles. The van der Waals surface area contributed by atoms with Gasteiger partial charge in [0.05, 0.1) is 11.3 Å². The van der Waals surface area contributed by atoms with Crippen molar-refractivity contribution >= 4 is 11.3 Å². The SMILES string of the molecule is CN(C)CC(C)(C)CNCc1csc(-c2ccc(C(F)(F)F)cc2)n1. The highest BCUT2D eigenvalue weighted by Gasteiger charge is 2.30. The number of aromatic nitrogens is 1. The van der Waals surface area contributed by atoms with Crippen LogP contribution in [0.2, 0.25) is 0 Å². The van der Waals surface area contributed by atoms with E-state index in [2.05, 4.69) is 43.1 Å². The number of halogens is 3. The molecule has 0 spiro atoms. The molecule has 0 saturated heterocycles. The van der Waals surface area contributed by atoms with E-state index in [1.807, 2.05) is 5.38 Å². The van der Waals surface area contributed by atoms with Crippen molar-refractivity contribution in [2.75, 3.05) is 27.2 Å². The Kier molecular flexibility index (Phi) is 6.24. The quantitative estimate of drug-likeness (QED) is 0.776. The molecule has 1 aromatic carbocycles. The van der Waals surface area contributed by atoms with Gasteiger partial charge in [0.25, 0.3) is 0 Å². The lowest BCUT2D eigenvalue weighted by Crippen LogP contribution is -2.37. The molecule has 2 aromatic rings. The van der Waals surface area contributed by atoms with Gasteiger partial charge >= 0.3 is 6.18 Å². The van der Waals surface area contributed by atoms with Crippen molar-refractivity contribution in [3.63, 3.8) is 0 Å². The maximum Gasteiger partial charge on any atom is 0.416 e. The first kappa shape index (κ1) is 19.9. The molecule has 0 atom stereocenters. The zero-order valence-corrected chi connectivity index (χ0v) is 15.8. The average Bonchev–Trinajstić information content (AvgIpc) is 2.93. The summed E-state index contributed by atoms with van der Waals surface area (Å²) in [6.07, 6.45) is -4.31. The molecule has 0 saturated carbocycles. The Labute approximate surface area is 150 Å². The van der Waals surface area contributed by atoms with Gasteiger partial charge in [-0.2, -0.15) is 13.2 Å². The van der Waals surface area contributed by atoms with Crippen molar-refractivity contribution in [1.29, 1.82) is 0 Å². The van der Waals surface area contributed by atoms with Gasteiger partial charge in [0.2, 0.25) is 0 Å². The summed E-state index contributed by atoms with van der Waals surface area (Å²) in [5.41, 5.74) is 1.12. The molecular formula is C18H24F3N3S. The van der Waals surface area contributed by atoms with Crippen LogP contribution >= 0.6 is 11.3 Å². The molecule has 7 heteroatoms. The van der Waals surface area contributed by atoms with Crippen LogP contribution < -0.4 is 5.32 Å². The molecule has 0 radical (unpaired) electrons. The Bertz CT molecular complexity index is 676. The molecule has 0 unspecified atom stereocenters. The second kappa shape index (κ2) is 7.85. The van der Waals surface area contributed by atoms with Crippen LogP contribution in [0.15, 0.2) is 29.6 Å². The van der Waals surface area contributed by atoms with Crippen LogP contribution in [0, 0.1) is 5.41 Å². The zero-order chi connectivity index (χ0) is 18.7. The number of nitrogens with zero attached hydrogens (tertiary/aromatic N) is 2. The van der Waals surface area contributed by atoms with E-state index in [9.17, 15) is 13.2 Å². The minimum Gasteiger partial charge on any atom is -0.311 e. The minimum absolute atomic E-state index is 0.149. The molecule has 3 nitrogen and oxygen atoms in total. The van der Waals surface area contributed by atoms with Crippen molar-refractivity contribution in [3.8, 4) is 10.6 Å². The molecular weight excluding hydrogens is 347 g/mol. The Balaban J connectivity index is 1.94. The topological polar surface area (TPSA) is 28.2 Å². The molecule has 2 rings (SSSR count). The molecule has 25 heavy (non-hydrogen) atoms. The monoisotopic (exact) mass is 371 g/mol. The summed E-state index contributed by atoms with van der Waals surface area (Å²) in [5, 5.41) is 6.09. The number of thiazole rings is 1. The van der Waals surface area contributed by atoms with Crippen LogP contribution in [0.5, 0.6) is 0 Å². The van der Waals surface area contributed by atoms with Crippen molar-refractivity contribution in [2.24, 2.45) is 5.41 Å². The van der Waals surface area contributed by atoms with Gasteiger partial charge < -0.3 is 10.2 Å². The van der Waals surface area contributed by atoms with Gasteiger partial charge in [-0.25, -0.2) is 4.98 Å². The number of rotatable bonds is 7. The van der Waals surface area contributed by atoms with Crippen LogP contribution in [0.3, 0.4) is 0 Å². The minimum atomic E-state index is -4.31. The van der Waals surface area contributed by atoms with E-state index >= 15 is 0 Å². The predicted octanol–water partition coefficient (Wildman–Crippen LogP) is 4.51. The average molecular weight is 371 g/mol. The summed E-state index contributed by atoms with van der Waals surface area (Å²) in [7, 11) is 4.11. The first-order chi connectivity index (χ1) is 11.6. The standard InChI is InChI=1S/C18H24F3N3S/c1-17(2,12-24(3)4)11-22-9-15-10-25-16(23-15)13-5-7-14(8-6-13)18(19,20)21/h5-8,10,22H,9,11-12H2,1-4H3. The lowest BCUT2D eigenvalue weighted by atomic mass is 9.93. The van der Waals surface area contributed by atoms with E-state index in [1.54, 1.807) is 0 Å². The Morgan fingerprint density at radius 2 is 1.76 bits per heavy atom. The molecule has 0 aliphatic rings. The van der Waals surface area contributed by atoms with Gasteiger partial charge in [-0.05, 0) is 31.6 Å². The molecule has 0 aliphatic heterocycles. The van der Waals surface area contributed by atoms with E-state index in [1.165, 1.54) is 23.5 Å². The number of hydrogen-bond acceptors (Lipinski definition) is 4. The second-order valence-corrected chi connectivity index (χ2v) is 8.08. The summed E-state index contributed by atoms with van der Waals surface area (Å²) in [5.74, 6) is 0. The van der Waals surface area contributed by atoms with Gasteiger partial charge in [-0.15, -0.1) is 11.3 Å². The van der Waals surface area contributed by atoms with Crippen LogP contribution in [0.4, 0.5) is 13.2 Å². The third-order valence-corrected chi connectivity index (χ3v) is 4.61. The molecule has 138 valence electrons. The number of benzene rings is 1. The molecule has 1 aromatic heterocycles. The van der Waals surface area contributed by atoms with Crippen molar-refractivity contribution in [2.45, 2.75) is 26.6 Å². The molecule has 1 N–H and O–H groups in total. The summed E-state index contributed by atoms with van der Waals surface area (Å²) >= 11 is 1.44. The summed E-state index contributed by atoms with van der Waals surface area (Å²) in [6, 6.07) is 5.13. The summed E-state index contributed by atoms with van der Waals surface area (Å²) in [6.45, 7) is 6.89. The van der Waals surface area contributed by atoms with Gasteiger partial charge in [0.1, 0.15) is 5.01 Å². The van der Waals surface area contributed by atoms with Crippen LogP contribution in [0.25, 0.3) is 10.6 Å². The smallest absolute Gasteiger partial charge is 0.311 e. The lowest BCUT2D eigenvalue weighted by Gasteiger charge is -2.28. The maximum atomic E-state index is 12.6. The van der Waals surface area contributed by atoms with Crippen LogP contribution in [-0.4, -0.2) is 37.1 Å². The van der Waals surface area contributed by atoms with Gasteiger partial charge in [-0.3, -0.25) is 0 Å². The molecule has 1 heterocycles. The van der Waals surface area contributed by atoms with Crippen molar-refractivity contribution in [1.82, 2.24) is 15.2 Å². The van der Waals surface area contributed by atoms with Crippen molar-refractivity contribution < 1.29 is 13.2 Å². The predicted molar refractivity (Wildman–Crippen MR) is 96.6 cm³/mol. The van der Waals surface area contributed by atoms with Gasteiger partial charge in [-0.1, -0.05) is 26.0 Å². The first-order valence-electron chi connectivity index (χ1n) is 8.04. The summed E-state index contributed by atoms with van der Waals surface area (Å²) < 4.78 is 37.8. The second-order valence-electron chi connectivity index (χ2n) is 7.22. The first-order valence-corrected chi connectivity index (χ1v) is 8.92. The summed E-state index contributed by atoms with van der Waals surface area (Å²) in [4.78, 5) is 6.68. The fourth-order valence-corrected chi connectivity index (χ4v) is 3.59. The Morgan fingerprint density at radius 1 is 1.12 bits per heavy atom. The Morgan fingerprint density at radius 3 is 2.32 bits per heavy atom. The van der Waals surface area contributed by atoms with E-state index in [4.69, 9.17) is 0 Å². The van der Waals surface area contributed by atoms with E-state index in [-0.39, 0.29) is 5.41 Å². The zero-order valence-electron chi connectivity index (χ0n) is 14.9. The van der Waals surface area contributed by atoms with Crippen LogP contribution in [0.1, 0.15) is 25.1 Å². The maximum absolute atomic E-state index is 12.6. The fourth-order valence-electron chi connectivity index (χ4n) is 2.76. The highest BCUT2D eigenvalue weighted by atomic mass is 32.1. The lowest BCUT2D eigenvalue weighted by molar-refractivity contribution is -0.137. The number of nitrogens with one attached hydrogen (secondary N) is 1. The fraction of sp³-hybridized carbons (Fsp3) is 0.500. The van der Waals surface area contributed by atoms with Crippen LogP contribution in [-0.2, 0) is 12.7 Å². The van der Waals surface area contributed by atoms with Gasteiger partial charge in [0, 0.05) is 30.6 Å². The van der Waals surface area contributed by atoms with Gasteiger partial charge in [0.15, 0.2) is 0 Å². The Hall–Kier alpha value is -1.44. The normalized spacial score (nSPS) is 12.8. The third kappa shape index (κ3) is 6.09. The third-order valence-electron chi connectivity index (χ3n) is 3.66. The highest BCUT2D eigenvalue weighted by molar-refractivity contribution is 7.13. The highest BCUT2D eigenvalue weighted by Crippen LogP contribution is 2.31. The molecule has 0 fully saturated rings. The van der Waals surface area contributed by atoms with E-state index < -0.39 is 11.7 Å². The molecule has 0 bridgehead atoms.